The van der Waals surface area contributed by atoms with Crippen LogP contribution in [0.25, 0.3) is 0 Å². The highest BCUT2D eigenvalue weighted by Crippen LogP contribution is 2.40. The van der Waals surface area contributed by atoms with Crippen LogP contribution in [0.2, 0.25) is 0 Å². The Bertz CT molecular complexity index is 1810. The van der Waals surface area contributed by atoms with E-state index in [1.807, 2.05) is 0 Å². The lowest BCUT2D eigenvalue weighted by Gasteiger charge is -2.18. The minimum atomic E-state index is -0.0524. The molecule has 2 N–H and O–H groups in total. The first-order valence-corrected chi connectivity index (χ1v) is 16.6. The first kappa shape index (κ1) is 31.7. The van der Waals surface area contributed by atoms with Gasteiger partial charge in [-0.05, 0) is 71.4 Å². The molecule has 0 radical (unpaired) electrons. The summed E-state index contributed by atoms with van der Waals surface area (Å²) >= 11 is 0. The van der Waals surface area contributed by atoms with E-state index >= 15 is 0 Å². The summed E-state index contributed by atoms with van der Waals surface area (Å²) in [6.45, 7) is 14.0. The third-order valence-corrected chi connectivity index (χ3v) is 10.7. The molecule has 0 spiro atoms. The zero-order chi connectivity index (χ0) is 32.9. The average molecular weight is 609 g/mol. The fourth-order valence-electron chi connectivity index (χ4n) is 8.12. The molecule has 3 aromatic rings. The lowest BCUT2D eigenvalue weighted by atomic mass is 9.81. The highest BCUT2D eigenvalue weighted by Gasteiger charge is 2.44. The molecule has 234 valence electrons. The first-order chi connectivity index (χ1) is 21.9. The summed E-state index contributed by atoms with van der Waals surface area (Å²) in [7, 11) is 6.69. The number of allylic oxidation sites excluding steroid dienone is 12. The van der Waals surface area contributed by atoms with Gasteiger partial charge >= 0.3 is 0 Å². The molecule has 0 aromatic heterocycles. The van der Waals surface area contributed by atoms with Gasteiger partial charge in [-0.15, -0.1) is 0 Å². The molecule has 0 saturated heterocycles. The monoisotopic (exact) mass is 608 g/mol. The quantitative estimate of drug-likeness (QED) is 0.215. The van der Waals surface area contributed by atoms with Gasteiger partial charge in [0, 0.05) is 28.8 Å². The van der Waals surface area contributed by atoms with Crippen LogP contribution in [0, 0.1) is 0 Å². The molecule has 0 fully saturated rings. The van der Waals surface area contributed by atoms with Gasteiger partial charge < -0.3 is 0 Å². The largest absolute Gasteiger partial charge is 0.275 e. The fraction of sp³-hybridized carbons (Fsp3) is 0.279. The normalized spacial score (nSPS) is 24.0. The number of likely N-dealkylation sites (N-methyl/N-ethyl adjacent to an activating group) is 2. The Kier molecular flexibility index (Phi) is 8.13. The summed E-state index contributed by atoms with van der Waals surface area (Å²) < 4.78 is 2.33. The predicted octanol–water partition coefficient (Wildman–Crippen LogP) is 7.33. The maximum absolute atomic E-state index is 2.34. The molecular weight excluding hydrogens is 558 g/mol. The summed E-state index contributed by atoms with van der Waals surface area (Å²) in [6, 6.07) is 26.4. The van der Waals surface area contributed by atoms with E-state index in [4.69, 9.17) is 0 Å². The topological polar surface area (TPSA) is 11.9 Å². The van der Waals surface area contributed by atoms with Crippen LogP contribution in [0.15, 0.2) is 144 Å². The van der Waals surface area contributed by atoms with E-state index in [-0.39, 0.29) is 16.2 Å². The van der Waals surface area contributed by atoms with Crippen LogP contribution in [0.5, 0.6) is 0 Å². The van der Waals surface area contributed by atoms with Crippen molar-refractivity contribution in [1.82, 2.24) is 0 Å². The number of para-hydroxylation sites is 3. The van der Waals surface area contributed by atoms with Crippen LogP contribution in [-0.2, 0) is 16.2 Å². The SMILES string of the molecule is C[N+]1=C(C=CC=C(C=CC=C2[NH+](C)c3ccccc3C2(C)C)C=CC=C2[NH+](C)c3ccccc3C2(C)C)C(C)(C)c2ccccc21. The van der Waals surface area contributed by atoms with Gasteiger partial charge in [-0.3, -0.25) is 9.80 Å². The molecule has 3 aliphatic rings. The Labute approximate surface area is 276 Å². The molecule has 3 heterocycles. The van der Waals surface area contributed by atoms with E-state index in [2.05, 4.69) is 195 Å². The molecular formula is C43H50N3+3. The molecule has 0 saturated carbocycles. The number of nitrogens with one attached hydrogen (secondary N) is 2. The maximum Gasteiger partial charge on any atom is 0.209 e. The molecule has 3 nitrogen and oxygen atoms in total. The number of hydrogen-bond acceptors (Lipinski definition) is 0. The Morgan fingerprint density at radius 3 is 1.52 bits per heavy atom. The van der Waals surface area contributed by atoms with Crippen molar-refractivity contribution in [1.29, 1.82) is 0 Å². The van der Waals surface area contributed by atoms with Crippen molar-refractivity contribution >= 4 is 22.8 Å². The number of benzene rings is 3. The molecule has 3 aromatic carbocycles. The molecule has 0 amide bonds. The second kappa shape index (κ2) is 11.8. The van der Waals surface area contributed by atoms with E-state index in [1.165, 1.54) is 60.7 Å². The molecule has 46 heavy (non-hydrogen) atoms. The lowest BCUT2D eigenvalue weighted by molar-refractivity contribution is -0.764. The molecule has 3 aliphatic heterocycles. The van der Waals surface area contributed by atoms with Crippen molar-refractivity contribution in [3.8, 4) is 0 Å². The highest BCUT2D eigenvalue weighted by molar-refractivity contribution is 6.03. The van der Waals surface area contributed by atoms with Gasteiger partial charge in [-0.2, -0.15) is 4.58 Å². The van der Waals surface area contributed by atoms with Gasteiger partial charge in [0.2, 0.25) is 5.69 Å². The Morgan fingerprint density at radius 2 is 1.04 bits per heavy atom. The minimum Gasteiger partial charge on any atom is -0.275 e. The summed E-state index contributed by atoms with van der Waals surface area (Å²) in [5.74, 6) is 0. The Hall–Kier alpha value is -4.31. The van der Waals surface area contributed by atoms with Crippen molar-refractivity contribution in [3.05, 3.63) is 161 Å². The number of fused-ring (bicyclic) bond motifs is 3. The van der Waals surface area contributed by atoms with Crippen molar-refractivity contribution in [2.75, 3.05) is 21.1 Å². The molecule has 6 rings (SSSR count). The summed E-state index contributed by atoms with van der Waals surface area (Å²) in [6.07, 6.45) is 20.3. The van der Waals surface area contributed by atoms with Gasteiger partial charge in [0.15, 0.2) is 5.71 Å². The van der Waals surface area contributed by atoms with Gasteiger partial charge in [0.05, 0.1) is 30.3 Å². The second-order valence-corrected chi connectivity index (χ2v) is 14.6. The van der Waals surface area contributed by atoms with Crippen LogP contribution in [0.3, 0.4) is 0 Å². The van der Waals surface area contributed by atoms with Crippen molar-refractivity contribution < 1.29 is 14.4 Å². The molecule has 2 unspecified atom stereocenters. The first-order valence-electron chi connectivity index (χ1n) is 16.6. The van der Waals surface area contributed by atoms with Gasteiger partial charge in [0.25, 0.3) is 0 Å². The minimum absolute atomic E-state index is 0.0181. The smallest absolute Gasteiger partial charge is 0.209 e. The Morgan fingerprint density at radius 1 is 0.587 bits per heavy atom. The van der Waals surface area contributed by atoms with E-state index in [9.17, 15) is 0 Å². The zero-order valence-corrected chi connectivity index (χ0v) is 29.1. The van der Waals surface area contributed by atoms with Crippen LogP contribution in [-0.4, -0.2) is 31.4 Å². The average Bonchev–Trinajstić information content (AvgIpc) is 3.45. The predicted molar refractivity (Wildman–Crippen MR) is 194 cm³/mol. The molecule has 0 aliphatic carbocycles. The summed E-state index contributed by atoms with van der Waals surface area (Å²) in [5.41, 5.74) is 13.3. The third kappa shape index (κ3) is 5.22. The number of rotatable bonds is 6. The van der Waals surface area contributed by atoms with Gasteiger partial charge in [-0.25, -0.2) is 0 Å². The van der Waals surface area contributed by atoms with Crippen molar-refractivity contribution in [2.24, 2.45) is 0 Å². The molecule has 0 bridgehead atoms. The van der Waals surface area contributed by atoms with Crippen LogP contribution in [0.1, 0.15) is 58.2 Å². The van der Waals surface area contributed by atoms with E-state index < -0.39 is 0 Å². The van der Waals surface area contributed by atoms with E-state index in [1.54, 1.807) is 0 Å². The summed E-state index contributed by atoms with van der Waals surface area (Å²) in [4.78, 5) is 2.74. The fourth-order valence-corrected chi connectivity index (χ4v) is 8.12. The van der Waals surface area contributed by atoms with Crippen molar-refractivity contribution in [3.63, 3.8) is 0 Å². The number of nitrogens with zero attached hydrogens (tertiary/aromatic N) is 1. The van der Waals surface area contributed by atoms with Crippen molar-refractivity contribution in [2.45, 2.75) is 57.8 Å². The summed E-state index contributed by atoms with van der Waals surface area (Å²) in [5, 5.41) is 0. The number of quaternary nitrogens is 2. The molecule has 2 atom stereocenters. The van der Waals surface area contributed by atoms with Crippen LogP contribution in [0.4, 0.5) is 17.1 Å². The molecule has 3 heteroatoms. The lowest BCUT2D eigenvalue weighted by Crippen LogP contribution is -3.01. The van der Waals surface area contributed by atoms with Gasteiger partial charge in [0.1, 0.15) is 29.8 Å². The number of hydrogen-bond donors (Lipinski definition) is 2. The van der Waals surface area contributed by atoms with E-state index in [0.29, 0.717) is 0 Å². The maximum atomic E-state index is 2.34. The van der Waals surface area contributed by atoms with Gasteiger partial charge in [-0.1, -0.05) is 91.1 Å². The van der Waals surface area contributed by atoms with Crippen LogP contribution < -0.4 is 9.80 Å². The second-order valence-electron chi connectivity index (χ2n) is 14.6. The standard InChI is InChI=1S/C43H48N3/c1-41(2)32-22-10-13-25-35(32)44(7)38(41)28-16-19-31(20-17-29-39-42(3,4)33-23-11-14-26-36(33)45(39)8)21-18-30-40-43(5,6)34-24-12-15-27-37(34)46(40)9/h10-30H,1-9H3/q+1/p+2. The van der Waals surface area contributed by atoms with E-state index in [0.717, 1.165) is 5.57 Å². The zero-order valence-electron chi connectivity index (χ0n) is 29.1. The van der Waals surface area contributed by atoms with Crippen LogP contribution >= 0.6 is 0 Å². The highest BCUT2D eigenvalue weighted by atomic mass is 15.2. The third-order valence-electron chi connectivity index (χ3n) is 10.7. The Balaban J connectivity index is 1.33.